The first kappa shape index (κ1) is 24.0. The summed E-state index contributed by atoms with van der Waals surface area (Å²) in [5.41, 5.74) is 3.08. The number of nitrogens with zero attached hydrogens (tertiary/aromatic N) is 2. The Morgan fingerprint density at radius 1 is 0.889 bits per heavy atom. The first-order valence-electron chi connectivity index (χ1n) is 11.5. The van der Waals surface area contributed by atoms with Crippen molar-refractivity contribution in [2.75, 3.05) is 36.4 Å². The molecule has 4 aromatic rings. The van der Waals surface area contributed by atoms with E-state index in [2.05, 4.69) is 31.5 Å². The first-order chi connectivity index (χ1) is 17.5. The smallest absolute Gasteiger partial charge is 0.289 e. The lowest BCUT2D eigenvalue weighted by molar-refractivity contribution is 0.0717. The number of thiocarbonyl (C=S) groups is 1. The van der Waals surface area contributed by atoms with Crippen LogP contribution < -0.4 is 15.5 Å². The van der Waals surface area contributed by atoms with Crippen molar-refractivity contribution in [3.05, 3.63) is 94.7 Å². The molecule has 1 aliphatic heterocycles. The first-order valence-corrected chi connectivity index (χ1v) is 12.7. The standard InChI is InChI=1S/C27H23BrN4O3S/c28-20-7-5-18(6-8-20)25(33)30-27(36)29-21-9-11-22(12-10-21)31-13-15-32(16-14-31)26(34)24-17-19-3-1-2-4-23(19)35-24/h1-12,17H,13-16H2,(H2,29,30,33,36). The van der Waals surface area contributed by atoms with Crippen LogP contribution >= 0.6 is 28.1 Å². The third kappa shape index (κ3) is 5.42. The van der Waals surface area contributed by atoms with Gasteiger partial charge in [0.25, 0.3) is 11.8 Å². The van der Waals surface area contributed by atoms with Crippen LogP contribution in [0.25, 0.3) is 11.0 Å². The molecule has 36 heavy (non-hydrogen) atoms. The molecule has 0 bridgehead atoms. The normalized spacial score (nSPS) is 13.5. The third-order valence-corrected chi connectivity index (χ3v) is 6.76. The Morgan fingerprint density at radius 2 is 1.58 bits per heavy atom. The van der Waals surface area contributed by atoms with Gasteiger partial charge < -0.3 is 19.5 Å². The Labute approximate surface area is 222 Å². The topological polar surface area (TPSA) is 77.8 Å². The van der Waals surface area contributed by atoms with E-state index in [1.54, 1.807) is 24.3 Å². The molecule has 9 heteroatoms. The predicted molar refractivity (Wildman–Crippen MR) is 149 cm³/mol. The summed E-state index contributed by atoms with van der Waals surface area (Å²) in [7, 11) is 0. The SMILES string of the molecule is O=C(NC(=S)Nc1ccc(N2CCN(C(=O)c3cc4ccccc4o3)CC2)cc1)c1ccc(Br)cc1. The fraction of sp³-hybridized carbons (Fsp3) is 0.148. The van der Waals surface area contributed by atoms with Gasteiger partial charge in [0, 0.05) is 53.0 Å². The molecule has 0 radical (unpaired) electrons. The number of benzene rings is 3. The monoisotopic (exact) mass is 562 g/mol. The van der Waals surface area contributed by atoms with Crippen molar-refractivity contribution >= 4 is 67.4 Å². The molecule has 0 atom stereocenters. The number of anilines is 2. The van der Waals surface area contributed by atoms with E-state index in [1.807, 2.05) is 59.5 Å². The number of amides is 2. The van der Waals surface area contributed by atoms with E-state index in [9.17, 15) is 9.59 Å². The Hall–Kier alpha value is -3.69. The van der Waals surface area contributed by atoms with Crippen molar-refractivity contribution in [2.24, 2.45) is 0 Å². The second-order valence-electron chi connectivity index (χ2n) is 8.39. The lowest BCUT2D eigenvalue weighted by Crippen LogP contribution is -2.48. The van der Waals surface area contributed by atoms with Crippen LogP contribution in [0.15, 0.2) is 87.8 Å². The van der Waals surface area contributed by atoms with E-state index < -0.39 is 0 Å². The van der Waals surface area contributed by atoms with Crippen LogP contribution in [-0.4, -0.2) is 48.0 Å². The van der Waals surface area contributed by atoms with E-state index in [0.29, 0.717) is 24.4 Å². The molecular formula is C27H23BrN4O3S. The number of fused-ring (bicyclic) bond motifs is 1. The molecule has 1 aliphatic rings. The maximum absolute atomic E-state index is 12.9. The van der Waals surface area contributed by atoms with Gasteiger partial charge in [-0.15, -0.1) is 0 Å². The van der Waals surface area contributed by atoms with Crippen molar-refractivity contribution in [1.82, 2.24) is 10.2 Å². The van der Waals surface area contributed by atoms with Gasteiger partial charge in [-0.05, 0) is 72.9 Å². The number of carbonyl (C=O) groups excluding carboxylic acids is 2. The van der Waals surface area contributed by atoms with Crippen LogP contribution in [0.1, 0.15) is 20.9 Å². The molecule has 182 valence electrons. The van der Waals surface area contributed by atoms with Crippen molar-refractivity contribution in [3.8, 4) is 0 Å². The average molecular weight is 563 g/mol. The van der Waals surface area contributed by atoms with Crippen LogP contribution in [0.3, 0.4) is 0 Å². The quantitative estimate of drug-likeness (QED) is 0.329. The number of furan rings is 1. The number of carbonyl (C=O) groups is 2. The Bertz CT molecular complexity index is 1380. The van der Waals surface area contributed by atoms with Crippen LogP contribution in [0.4, 0.5) is 11.4 Å². The molecule has 2 amide bonds. The van der Waals surface area contributed by atoms with Gasteiger partial charge in [-0.3, -0.25) is 14.9 Å². The van der Waals surface area contributed by atoms with E-state index in [1.165, 1.54) is 0 Å². The highest BCUT2D eigenvalue weighted by molar-refractivity contribution is 9.10. The highest BCUT2D eigenvalue weighted by Gasteiger charge is 2.24. The summed E-state index contributed by atoms with van der Waals surface area (Å²) in [5, 5.41) is 6.89. The summed E-state index contributed by atoms with van der Waals surface area (Å²) in [6.07, 6.45) is 0. The number of hydrogen-bond donors (Lipinski definition) is 2. The molecule has 0 saturated carbocycles. The van der Waals surface area contributed by atoms with Crippen LogP contribution in [0.5, 0.6) is 0 Å². The molecule has 7 nitrogen and oxygen atoms in total. The van der Waals surface area contributed by atoms with Gasteiger partial charge in [0.2, 0.25) is 0 Å². The lowest BCUT2D eigenvalue weighted by Gasteiger charge is -2.35. The summed E-state index contributed by atoms with van der Waals surface area (Å²) in [6.45, 7) is 2.67. The molecule has 0 spiro atoms. The predicted octanol–water partition coefficient (Wildman–Crippen LogP) is 5.28. The molecule has 1 aromatic heterocycles. The minimum Gasteiger partial charge on any atom is -0.451 e. The fourth-order valence-corrected chi connectivity index (χ4v) is 4.58. The summed E-state index contributed by atoms with van der Waals surface area (Å²) in [4.78, 5) is 29.3. The van der Waals surface area contributed by atoms with Gasteiger partial charge in [0.05, 0.1) is 0 Å². The summed E-state index contributed by atoms with van der Waals surface area (Å²) in [5.74, 6) is 0.0269. The van der Waals surface area contributed by atoms with Crippen LogP contribution in [0.2, 0.25) is 0 Å². The average Bonchev–Trinajstić information content (AvgIpc) is 3.33. The molecule has 5 rings (SSSR count). The highest BCUT2D eigenvalue weighted by atomic mass is 79.9. The summed E-state index contributed by atoms with van der Waals surface area (Å²) < 4.78 is 6.64. The van der Waals surface area contributed by atoms with E-state index in [0.717, 1.165) is 39.9 Å². The molecule has 3 aromatic carbocycles. The number of para-hydroxylation sites is 1. The largest absolute Gasteiger partial charge is 0.451 e. The van der Waals surface area contributed by atoms with Gasteiger partial charge >= 0.3 is 0 Å². The summed E-state index contributed by atoms with van der Waals surface area (Å²) >= 11 is 8.64. The van der Waals surface area contributed by atoms with Crippen molar-refractivity contribution in [1.29, 1.82) is 0 Å². The van der Waals surface area contributed by atoms with Gasteiger partial charge in [-0.1, -0.05) is 34.1 Å². The molecular weight excluding hydrogens is 540 g/mol. The summed E-state index contributed by atoms with van der Waals surface area (Å²) in [6, 6.07) is 24.3. The minimum atomic E-state index is -0.272. The van der Waals surface area contributed by atoms with Crippen molar-refractivity contribution < 1.29 is 14.0 Å². The second kappa shape index (κ2) is 10.5. The third-order valence-electron chi connectivity index (χ3n) is 6.03. The van der Waals surface area contributed by atoms with Crippen molar-refractivity contribution in [3.63, 3.8) is 0 Å². The minimum absolute atomic E-state index is 0.0795. The van der Waals surface area contributed by atoms with Gasteiger partial charge in [0.1, 0.15) is 5.58 Å². The Balaban J connectivity index is 1.13. The lowest BCUT2D eigenvalue weighted by atomic mass is 10.2. The molecule has 1 fully saturated rings. The molecule has 0 aliphatic carbocycles. The zero-order chi connectivity index (χ0) is 25.1. The van der Waals surface area contributed by atoms with Crippen LogP contribution in [0, 0.1) is 0 Å². The maximum Gasteiger partial charge on any atom is 0.289 e. The van der Waals surface area contributed by atoms with Gasteiger partial charge in [0.15, 0.2) is 10.9 Å². The van der Waals surface area contributed by atoms with Crippen LogP contribution in [-0.2, 0) is 0 Å². The van der Waals surface area contributed by atoms with E-state index in [4.69, 9.17) is 16.6 Å². The Kier molecular flexibility index (Phi) is 7.02. The molecule has 2 N–H and O–H groups in total. The van der Waals surface area contributed by atoms with E-state index in [-0.39, 0.29) is 16.9 Å². The zero-order valence-electron chi connectivity index (χ0n) is 19.2. The van der Waals surface area contributed by atoms with Crippen molar-refractivity contribution in [2.45, 2.75) is 0 Å². The molecule has 0 unspecified atom stereocenters. The van der Waals surface area contributed by atoms with Gasteiger partial charge in [-0.2, -0.15) is 0 Å². The molecule has 1 saturated heterocycles. The molecule has 2 heterocycles. The Morgan fingerprint density at radius 3 is 2.28 bits per heavy atom. The second-order valence-corrected chi connectivity index (χ2v) is 9.71. The zero-order valence-corrected chi connectivity index (χ0v) is 21.6. The number of hydrogen-bond acceptors (Lipinski definition) is 5. The number of halogens is 1. The van der Waals surface area contributed by atoms with E-state index >= 15 is 0 Å². The number of rotatable bonds is 4. The number of nitrogens with one attached hydrogen (secondary N) is 2. The number of piperazine rings is 1. The maximum atomic E-state index is 12.9. The highest BCUT2D eigenvalue weighted by Crippen LogP contribution is 2.23. The fourth-order valence-electron chi connectivity index (χ4n) is 4.11. The van der Waals surface area contributed by atoms with Gasteiger partial charge in [-0.25, -0.2) is 0 Å².